The number of nitrogens with zero attached hydrogens (tertiary/aromatic N) is 2. The quantitative estimate of drug-likeness (QED) is 0.578. The molecule has 3 rings (SSSR count). The molecule has 0 aromatic heterocycles. The SMILES string of the molecule is Cc1cccc(C)c1N1CCN(c2c(C)cccc2C)C1C(Cl)(Cl)Cl. The number of anilines is 2. The Kier molecular flexibility index (Phi) is 5.16. The average molecular weight is 398 g/mol. The highest BCUT2D eigenvalue weighted by molar-refractivity contribution is 6.68. The van der Waals surface area contributed by atoms with Gasteiger partial charge in [-0.05, 0) is 49.9 Å². The van der Waals surface area contributed by atoms with Crippen molar-refractivity contribution in [2.24, 2.45) is 0 Å². The van der Waals surface area contributed by atoms with E-state index in [1.807, 2.05) is 0 Å². The standard InChI is InChI=1S/C20H23Cl3N2/c1-13-7-5-8-14(2)17(13)24-11-12-25(19(24)20(21,22)23)18-15(3)9-6-10-16(18)4/h5-10,19H,11-12H2,1-4H3. The van der Waals surface area contributed by atoms with Crippen LogP contribution < -0.4 is 9.80 Å². The Morgan fingerprint density at radius 1 is 0.720 bits per heavy atom. The predicted octanol–water partition coefficient (Wildman–Crippen LogP) is 5.94. The summed E-state index contributed by atoms with van der Waals surface area (Å²) in [6.07, 6.45) is -0.350. The number of halogens is 3. The van der Waals surface area contributed by atoms with Crippen molar-refractivity contribution in [2.45, 2.75) is 37.7 Å². The number of hydrogen-bond acceptors (Lipinski definition) is 2. The zero-order valence-corrected chi connectivity index (χ0v) is 17.3. The number of benzene rings is 2. The van der Waals surface area contributed by atoms with Gasteiger partial charge in [0.25, 0.3) is 0 Å². The molecule has 2 aromatic rings. The molecule has 0 amide bonds. The normalized spacial score (nSPS) is 16.0. The highest BCUT2D eigenvalue weighted by Crippen LogP contribution is 2.44. The van der Waals surface area contributed by atoms with Gasteiger partial charge in [0.1, 0.15) is 0 Å². The number of hydrogen-bond donors (Lipinski definition) is 0. The zero-order valence-electron chi connectivity index (χ0n) is 15.0. The van der Waals surface area contributed by atoms with Gasteiger partial charge in [-0.2, -0.15) is 0 Å². The van der Waals surface area contributed by atoms with Crippen LogP contribution in [0.15, 0.2) is 36.4 Å². The third-order valence-electron chi connectivity index (χ3n) is 4.92. The Morgan fingerprint density at radius 3 is 1.32 bits per heavy atom. The Labute approximate surface area is 165 Å². The molecule has 2 nitrogen and oxygen atoms in total. The number of aryl methyl sites for hydroxylation is 4. The minimum atomic E-state index is -1.43. The highest BCUT2D eigenvalue weighted by atomic mass is 35.6. The second-order valence-electron chi connectivity index (χ2n) is 6.78. The van der Waals surface area contributed by atoms with E-state index >= 15 is 0 Å². The van der Waals surface area contributed by atoms with Gasteiger partial charge in [-0.1, -0.05) is 71.2 Å². The summed E-state index contributed by atoms with van der Waals surface area (Å²) in [7, 11) is 0. The molecule has 5 heteroatoms. The monoisotopic (exact) mass is 396 g/mol. The van der Waals surface area contributed by atoms with E-state index in [0.717, 1.165) is 24.5 Å². The second kappa shape index (κ2) is 6.90. The van der Waals surface area contributed by atoms with Crippen molar-refractivity contribution in [2.75, 3.05) is 22.9 Å². The molecule has 1 heterocycles. The molecular weight excluding hydrogens is 375 g/mol. The Bertz CT molecular complexity index is 683. The topological polar surface area (TPSA) is 6.48 Å². The molecule has 25 heavy (non-hydrogen) atoms. The maximum absolute atomic E-state index is 6.49. The van der Waals surface area contributed by atoms with E-state index in [1.165, 1.54) is 22.3 Å². The van der Waals surface area contributed by atoms with Crippen LogP contribution >= 0.6 is 34.8 Å². The zero-order chi connectivity index (χ0) is 18.4. The van der Waals surface area contributed by atoms with Crippen LogP contribution in [0.4, 0.5) is 11.4 Å². The summed E-state index contributed by atoms with van der Waals surface area (Å²) in [5.41, 5.74) is 7.11. The van der Waals surface area contributed by atoms with Crippen LogP contribution in [-0.2, 0) is 0 Å². The third-order valence-corrected chi connectivity index (χ3v) is 5.50. The van der Waals surface area contributed by atoms with E-state index in [2.05, 4.69) is 73.9 Å². The first kappa shape index (κ1) is 18.7. The molecule has 2 aromatic carbocycles. The minimum Gasteiger partial charge on any atom is -0.345 e. The molecule has 1 aliphatic heterocycles. The lowest BCUT2D eigenvalue weighted by molar-refractivity contribution is 0.676. The van der Waals surface area contributed by atoms with Crippen LogP contribution in [0.3, 0.4) is 0 Å². The van der Waals surface area contributed by atoms with Gasteiger partial charge in [0, 0.05) is 24.5 Å². The first-order chi connectivity index (χ1) is 11.7. The van der Waals surface area contributed by atoms with Crippen LogP contribution in [0.5, 0.6) is 0 Å². The van der Waals surface area contributed by atoms with Gasteiger partial charge in [0.2, 0.25) is 3.79 Å². The molecule has 0 saturated carbocycles. The molecule has 0 N–H and O–H groups in total. The van der Waals surface area contributed by atoms with E-state index in [-0.39, 0.29) is 6.17 Å². The lowest BCUT2D eigenvalue weighted by atomic mass is 10.1. The maximum atomic E-state index is 6.49. The van der Waals surface area contributed by atoms with Crippen molar-refractivity contribution in [3.8, 4) is 0 Å². The van der Waals surface area contributed by atoms with E-state index < -0.39 is 3.79 Å². The van der Waals surface area contributed by atoms with Crippen molar-refractivity contribution in [3.05, 3.63) is 58.7 Å². The summed E-state index contributed by atoms with van der Waals surface area (Å²) in [5, 5.41) is 0. The molecule has 1 aliphatic rings. The fourth-order valence-electron chi connectivity index (χ4n) is 3.97. The molecule has 1 fully saturated rings. The van der Waals surface area contributed by atoms with Gasteiger partial charge in [0.15, 0.2) is 6.17 Å². The molecule has 0 spiro atoms. The summed E-state index contributed by atoms with van der Waals surface area (Å²) in [6.45, 7) is 10.1. The summed E-state index contributed by atoms with van der Waals surface area (Å²) < 4.78 is -1.43. The predicted molar refractivity (Wildman–Crippen MR) is 111 cm³/mol. The molecule has 0 unspecified atom stereocenters. The largest absolute Gasteiger partial charge is 0.345 e. The van der Waals surface area contributed by atoms with E-state index in [1.54, 1.807) is 0 Å². The summed E-state index contributed by atoms with van der Waals surface area (Å²) in [5.74, 6) is 0. The van der Waals surface area contributed by atoms with Crippen molar-refractivity contribution in [1.29, 1.82) is 0 Å². The van der Waals surface area contributed by atoms with E-state index in [4.69, 9.17) is 34.8 Å². The Hall–Kier alpha value is -1.09. The molecule has 134 valence electrons. The van der Waals surface area contributed by atoms with Crippen LogP contribution in [0, 0.1) is 27.7 Å². The van der Waals surface area contributed by atoms with Crippen molar-refractivity contribution >= 4 is 46.2 Å². The Morgan fingerprint density at radius 2 is 1.04 bits per heavy atom. The van der Waals surface area contributed by atoms with Gasteiger partial charge in [-0.3, -0.25) is 0 Å². The van der Waals surface area contributed by atoms with Crippen LogP contribution in [-0.4, -0.2) is 23.0 Å². The fraction of sp³-hybridized carbons (Fsp3) is 0.400. The van der Waals surface area contributed by atoms with Crippen LogP contribution in [0.25, 0.3) is 0 Å². The number of para-hydroxylation sites is 2. The Balaban J connectivity index is 2.12. The minimum absolute atomic E-state index is 0.350. The van der Waals surface area contributed by atoms with Gasteiger partial charge < -0.3 is 9.80 Å². The maximum Gasteiger partial charge on any atom is 0.228 e. The molecule has 0 aliphatic carbocycles. The summed E-state index contributed by atoms with van der Waals surface area (Å²) in [6, 6.07) is 12.6. The molecular formula is C20H23Cl3N2. The first-order valence-corrected chi connectivity index (χ1v) is 9.57. The lowest BCUT2D eigenvalue weighted by Crippen LogP contribution is -2.49. The third kappa shape index (κ3) is 3.45. The van der Waals surface area contributed by atoms with Crippen molar-refractivity contribution < 1.29 is 0 Å². The summed E-state index contributed by atoms with van der Waals surface area (Å²) in [4.78, 5) is 4.48. The molecule has 0 atom stereocenters. The highest BCUT2D eigenvalue weighted by Gasteiger charge is 2.47. The first-order valence-electron chi connectivity index (χ1n) is 8.44. The summed E-state index contributed by atoms with van der Waals surface area (Å²) >= 11 is 19.5. The van der Waals surface area contributed by atoms with E-state index in [9.17, 15) is 0 Å². The smallest absolute Gasteiger partial charge is 0.228 e. The van der Waals surface area contributed by atoms with Gasteiger partial charge in [-0.25, -0.2) is 0 Å². The van der Waals surface area contributed by atoms with Crippen molar-refractivity contribution in [1.82, 2.24) is 0 Å². The van der Waals surface area contributed by atoms with E-state index in [0.29, 0.717) is 0 Å². The lowest BCUT2D eigenvalue weighted by Gasteiger charge is -2.39. The number of rotatable bonds is 2. The van der Waals surface area contributed by atoms with Gasteiger partial charge in [-0.15, -0.1) is 0 Å². The molecule has 1 saturated heterocycles. The van der Waals surface area contributed by atoms with Crippen LogP contribution in [0.1, 0.15) is 22.3 Å². The molecule has 0 radical (unpaired) electrons. The number of alkyl halides is 3. The van der Waals surface area contributed by atoms with Gasteiger partial charge >= 0.3 is 0 Å². The average Bonchev–Trinajstić information content (AvgIpc) is 2.91. The van der Waals surface area contributed by atoms with Crippen molar-refractivity contribution in [3.63, 3.8) is 0 Å². The van der Waals surface area contributed by atoms with Crippen LogP contribution in [0.2, 0.25) is 0 Å². The molecule has 0 bridgehead atoms. The fourth-order valence-corrected chi connectivity index (χ4v) is 4.67. The van der Waals surface area contributed by atoms with Gasteiger partial charge in [0.05, 0.1) is 0 Å². The second-order valence-corrected chi connectivity index (χ2v) is 9.15.